The van der Waals surface area contributed by atoms with Crippen LogP contribution in [0.3, 0.4) is 0 Å². The van der Waals surface area contributed by atoms with Crippen LogP contribution in [0.4, 0.5) is 5.82 Å². The lowest BCUT2D eigenvalue weighted by Crippen LogP contribution is -2.30. The monoisotopic (exact) mass is 300 g/mol. The van der Waals surface area contributed by atoms with Crippen molar-refractivity contribution < 1.29 is 8.42 Å². The second-order valence-electron chi connectivity index (χ2n) is 4.38. The summed E-state index contributed by atoms with van der Waals surface area (Å²) in [6, 6.07) is 3.16. The maximum Gasteiger partial charge on any atom is 0.244 e. The van der Waals surface area contributed by atoms with Gasteiger partial charge in [0.25, 0.3) is 0 Å². The first-order chi connectivity index (χ1) is 9.55. The predicted molar refractivity (Wildman–Crippen MR) is 81.4 cm³/mol. The van der Waals surface area contributed by atoms with Crippen LogP contribution in [-0.2, 0) is 10.0 Å². The Balaban J connectivity index is 2.58. The van der Waals surface area contributed by atoms with Crippen LogP contribution in [0.1, 0.15) is 20.3 Å². The Labute approximate surface area is 121 Å². The number of nitrogens with one attached hydrogen (secondary N) is 2. The summed E-state index contributed by atoms with van der Waals surface area (Å²) in [5, 5.41) is 2.79. The van der Waals surface area contributed by atoms with Gasteiger partial charge in [-0.1, -0.05) is 13.8 Å². The molecule has 0 bridgehead atoms. The Bertz CT molecular complexity index is 501. The van der Waals surface area contributed by atoms with E-state index in [9.17, 15) is 8.42 Å². The fourth-order valence-corrected chi connectivity index (χ4v) is 3.16. The van der Waals surface area contributed by atoms with E-state index in [4.69, 9.17) is 0 Å². The van der Waals surface area contributed by atoms with Gasteiger partial charge in [0.2, 0.25) is 10.0 Å². The lowest BCUT2D eigenvalue weighted by molar-refractivity contribution is 0.300. The maximum atomic E-state index is 12.2. The summed E-state index contributed by atoms with van der Waals surface area (Å²) in [6.07, 6.45) is 2.35. The molecule has 0 saturated heterocycles. The fourth-order valence-electron chi connectivity index (χ4n) is 1.92. The number of pyridine rings is 1. The van der Waals surface area contributed by atoms with Crippen LogP contribution < -0.4 is 10.0 Å². The second kappa shape index (κ2) is 8.18. The lowest BCUT2D eigenvalue weighted by atomic mass is 10.4. The maximum absolute atomic E-state index is 12.2. The summed E-state index contributed by atoms with van der Waals surface area (Å²) in [5.74, 6) is 0.365. The van der Waals surface area contributed by atoms with Crippen molar-refractivity contribution >= 4 is 15.8 Å². The molecule has 0 spiro atoms. The molecular weight excluding hydrogens is 276 g/mol. The van der Waals surface area contributed by atoms with Gasteiger partial charge in [-0.05, 0) is 38.2 Å². The number of nitrogens with zero attached hydrogens (tertiary/aromatic N) is 2. The van der Waals surface area contributed by atoms with Gasteiger partial charge in [-0.2, -0.15) is 0 Å². The largest absolute Gasteiger partial charge is 0.372 e. The van der Waals surface area contributed by atoms with Gasteiger partial charge in [0.15, 0.2) is 0 Å². The molecular formula is C13H24N4O2S. The van der Waals surface area contributed by atoms with Gasteiger partial charge in [-0.15, -0.1) is 0 Å². The highest BCUT2D eigenvalue weighted by atomic mass is 32.2. The molecule has 1 aromatic rings. The lowest BCUT2D eigenvalue weighted by Gasteiger charge is -2.17. The molecule has 0 aliphatic rings. The molecule has 6 nitrogen and oxygen atoms in total. The van der Waals surface area contributed by atoms with E-state index in [2.05, 4.69) is 33.8 Å². The molecule has 0 aliphatic carbocycles. The van der Waals surface area contributed by atoms with E-state index in [0.29, 0.717) is 12.4 Å². The first kappa shape index (κ1) is 16.9. The first-order valence-corrected chi connectivity index (χ1v) is 8.38. The van der Waals surface area contributed by atoms with Crippen LogP contribution in [0.15, 0.2) is 23.2 Å². The number of anilines is 1. The second-order valence-corrected chi connectivity index (χ2v) is 6.11. The Hall–Kier alpha value is -1.18. The molecule has 0 saturated carbocycles. The van der Waals surface area contributed by atoms with Gasteiger partial charge in [0.05, 0.1) is 0 Å². The van der Waals surface area contributed by atoms with E-state index < -0.39 is 10.0 Å². The zero-order chi connectivity index (χ0) is 15.0. The van der Waals surface area contributed by atoms with Crippen molar-refractivity contribution in [1.29, 1.82) is 0 Å². The van der Waals surface area contributed by atoms with Crippen molar-refractivity contribution in [3.05, 3.63) is 18.3 Å². The minimum Gasteiger partial charge on any atom is -0.372 e. The van der Waals surface area contributed by atoms with Gasteiger partial charge in [0, 0.05) is 19.8 Å². The summed E-state index contributed by atoms with van der Waals surface area (Å²) in [7, 11) is -1.85. The Morgan fingerprint density at radius 3 is 2.60 bits per heavy atom. The highest BCUT2D eigenvalue weighted by Crippen LogP contribution is 2.16. The van der Waals surface area contributed by atoms with E-state index in [1.807, 2.05) is 0 Å². The van der Waals surface area contributed by atoms with Gasteiger partial charge in [-0.25, -0.2) is 18.1 Å². The van der Waals surface area contributed by atoms with E-state index in [-0.39, 0.29) is 4.90 Å². The van der Waals surface area contributed by atoms with Gasteiger partial charge >= 0.3 is 0 Å². The molecule has 1 aromatic heterocycles. The van der Waals surface area contributed by atoms with Crippen LogP contribution >= 0.6 is 0 Å². The van der Waals surface area contributed by atoms with Crippen LogP contribution in [0.25, 0.3) is 0 Å². The van der Waals surface area contributed by atoms with Crippen molar-refractivity contribution in [2.24, 2.45) is 0 Å². The molecule has 0 aliphatic heterocycles. The highest BCUT2D eigenvalue weighted by molar-refractivity contribution is 7.89. The number of hydrogen-bond donors (Lipinski definition) is 2. The fraction of sp³-hybridized carbons (Fsp3) is 0.615. The summed E-state index contributed by atoms with van der Waals surface area (Å²) in [4.78, 5) is 6.45. The smallest absolute Gasteiger partial charge is 0.244 e. The minimum absolute atomic E-state index is 0.185. The number of sulfonamides is 1. The molecule has 2 N–H and O–H groups in total. The third-order valence-electron chi connectivity index (χ3n) is 3.13. The molecule has 0 radical (unpaired) electrons. The van der Waals surface area contributed by atoms with E-state index >= 15 is 0 Å². The molecule has 114 valence electrons. The molecule has 1 rings (SSSR count). The predicted octanol–water partition coefficient (Wildman–Crippen LogP) is 1.13. The Morgan fingerprint density at radius 1 is 1.30 bits per heavy atom. The van der Waals surface area contributed by atoms with Crippen molar-refractivity contribution in [1.82, 2.24) is 14.6 Å². The summed E-state index contributed by atoms with van der Waals surface area (Å²) in [6.45, 7) is 7.48. The van der Waals surface area contributed by atoms with E-state index in [1.165, 1.54) is 0 Å². The standard InChI is InChI=1S/C13H24N4O2S/c1-4-17(5-2)11-7-10-16-20(18,19)12-8-6-9-15-13(12)14-3/h6,8-9,16H,4-5,7,10-11H2,1-3H3,(H,14,15). The van der Waals surface area contributed by atoms with Crippen LogP contribution in [0.5, 0.6) is 0 Å². The average molecular weight is 300 g/mol. The van der Waals surface area contributed by atoms with E-state index in [1.54, 1.807) is 25.4 Å². The molecule has 0 aromatic carbocycles. The summed E-state index contributed by atoms with van der Waals surface area (Å²) < 4.78 is 27.0. The van der Waals surface area contributed by atoms with Crippen molar-refractivity contribution in [3.63, 3.8) is 0 Å². The normalized spacial score (nSPS) is 11.8. The Morgan fingerprint density at radius 2 is 2.00 bits per heavy atom. The molecule has 0 amide bonds. The van der Waals surface area contributed by atoms with Gasteiger partial charge in [-0.3, -0.25) is 0 Å². The molecule has 0 unspecified atom stereocenters. The number of rotatable bonds is 9. The molecule has 20 heavy (non-hydrogen) atoms. The quantitative estimate of drug-likeness (QED) is 0.669. The zero-order valence-electron chi connectivity index (χ0n) is 12.4. The van der Waals surface area contributed by atoms with Crippen LogP contribution in [-0.4, -0.2) is 51.5 Å². The zero-order valence-corrected chi connectivity index (χ0v) is 13.2. The number of aromatic nitrogens is 1. The number of hydrogen-bond acceptors (Lipinski definition) is 5. The molecule has 0 atom stereocenters. The first-order valence-electron chi connectivity index (χ1n) is 6.90. The van der Waals surface area contributed by atoms with Crippen LogP contribution in [0.2, 0.25) is 0 Å². The third-order valence-corrected chi connectivity index (χ3v) is 4.63. The van der Waals surface area contributed by atoms with Crippen molar-refractivity contribution in [3.8, 4) is 0 Å². The topological polar surface area (TPSA) is 74.3 Å². The third kappa shape index (κ3) is 4.73. The van der Waals surface area contributed by atoms with E-state index in [0.717, 1.165) is 26.1 Å². The van der Waals surface area contributed by atoms with Crippen molar-refractivity contribution in [2.45, 2.75) is 25.2 Å². The molecule has 0 fully saturated rings. The molecule has 7 heteroatoms. The summed E-state index contributed by atoms with van der Waals surface area (Å²) >= 11 is 0. The summed E-state index contributed by atoms with van der Waals surface area (Å²) in [5.41, 5.74) is 0. The Kier molecular flexibility index (Phi) is 6.90. The van der Waals surface area contributed by atoms with Gasteiger partial charge in [0.1, 0.15) is 10.7 Å². The average Bonchev–Trinajstić information content (AvgIpc) is 2.47. The minimum atomic E-state index is -3.51. The SMILES string of the molecule is CCN(CC)CCCNS(=O)(=O)c1cccnc1NC. The van der Waals surface area contributed by atoms with Crippen LogP contribution in [0, 0.1) is 0 Å². The highest BCUT2D eigenvalue weighted by Gasteiger charge is 2.17. The van der Waals surface area contributed by atoms with Gasteiger partial charge < -0.3 is 10.2 Å². The van der Waals surface area contributed by atoms with Crippen molar-refractivity contribution in [2.75, 3.05) is 38.5 Å². The molecule has 1 heterocycles.